The molecule has 0 saturated heterocycles. The molecule has 0 bridgehead atoms. The van der Waals surface area contributed by atoms with Crippen LogP contribution in [0.2, 0.25) is 0 Å². The highest BCUT2D eigenvalue weighted by Gasteiger charge is 2.15. The fourth-order valence-electron chi connectivity index (χ4n) is 2.23. The lowest BCUT2D eigenvalue weighted by molar-refractivity contribution is 0.404. The van der Waals surface area contributed by atoms with Crippen LogP contribution in [0.5, 0.6) is 5.75 Å². The number of benzene rings is 1. The van der Waals surface area contributed by atoms with Gasteiger partial charge in [-0.2, -0.15) is 0 Å². The summed E-state index contributed by atoms with van der Waals surface area (Å²) in [4.78, 5) is 8.37. The Morgan fingerprint density at radius 1 is 1.33 bits per heavy atom. The SMILES string of the molecule is CCCNC(Cc1cc(Br)ccc1OC)c1ccncn1. The Hall–Kier alpha value is -1.46. The van der Waals surface area contributed by atoms with Crippen molar-refractivity contribution in [1.29, 1.82) is 0 Å². The fraction of sp³-hybridized carbons (Fsp3) is 0.375. The molecule has 2 rings (SSSR count). The Morgan fingerprint density at radius 2 is 2.19 bits per heavy atom. The monoisotopic (exact) mass is 349 g/mol. The van der Waals surface area contributed by atoms with Gasteiger partial charge in [0.1, 0.15) is 12.1 Å². The number of aromatic nitrogens is 2. The summed E-state index contributed by atoms with van der Waals surface area (Å²) in [5.74, 6) is 0.899. The van der Waals surface area contributed by atoms with E-state index in [0.717, 1.165) is 40.9 Å². The van der Waals surface area contributed by atoms with Crippen LogP contribution in [0.4, 0.5) is 0 Å². The van der Waals surface area contributed by atoms with Crippen molar-refractivity contribution in [1.82, 2.24) is 15.3 Å². The predicted octanol–water partition coefficient (Wildman–Crippen LogP) is 3.53. The summed E-state index contributed by atoms with van der Waals surface area (Å²) in [5, 5.41) is 3.54. The van der Waals surface area contributed by atoms with Gasteiger partial charge in [-0.15, -0.1) is 0 Å². The van der Waals surface area contributed by atoms with Gasteiger partial charge in [-0.1, -0.05) is 22.9 Å². The highest BCUT2D eigenvalue weighted by Crippen LogP contribution is 2.27. The third-order valence-corrected chi connectivity index (χ3v) is 3.76. The van der Waals surface area contributed by atoms with Crippen molar-refractivity contribution in [2.24, 2.45) is 0 Å². The van der Waals surface area contributed by atoms with Crippen molar-refractivity contribution in [3.63, 3.8) is 0 Å². The molecule has 1 N–H and O–H groups in total. The van der Waals surface area contributed by atoms with Gasteiger partial charge in [0.25, 0.3) is 0 Å². The number of ether oxygens (including phenoxy) is 1. The molecule has 0 spiro atoms. The molecular formula is C16H20BrN3O. The van der Waals surface area contributed by atoms with Crippen molar-refractivity contribution in [3.05, 3.63) is 52.5 Å². The van der Waals surface area contributed by atoms with E-state index in [2.05, 4.69) is 44.2 Å². The van der Waals surface area contributed by atoms with Gasteiger partial charge in [0.15, 0.2) is 0 Å². The molecule has 0 saturated carbocycles. The van der Waals surface area contributed by atoms with Crippen LogP contribution in [0.1, 0.15) is 30.6 Å². The Bertz CT molecular complexity index is 563. The molecule has 1 heterocycles. The molecule has 0 aliphatic carbocycles. The number of methoxy groups -OCH3 is 1. The number of nitrogens with one attached hydrogen (secondary N) is 1. The number of hydrogen-bond donors (Lipinski definition) is 1. The van der Waals surface area contributed by atoms with E-state index in [4.69, 9.17) is 4.74 Å². The fourth-order valence-corrected chi connectivity index (χ4v) is 2.64. The zero-order valence-electron chi connectivity index (χ0n) is 12.3. The smallest absolute Gasteiger partial charge is 0.122 e. The maximum Gasteiger partial charge on any atom is 0.122 e. The average Bonchev–Trinajstić information content (AvgIpc) is 2.52. The van der Waals surface area contributed by atoms with E-state index in [1.807, 2.05) is 18.2 Å². The molecule has 0 fully saturated rings. The average molecular weight is 350 g/mol. The minimum Gasteiger partial charge on any atom is -0.496 e. The first-order valence-corrected chi connectivity index (χ1v) is 7.85. The quantitative estimate of drug-likeness (QED) is 0.830. The van der Waals surface area contributed by atoms with Crippen molar-refractivity contribution in [3.8, 4) is 5.75 Å². The van der Waals surface area contributed by atoms with Crippen molar-refractivity contribution in [2.45, 2.75) is 25.8 Å². The van der Waals surface area contributed by atoms with Gasteiger partial charge in [-0.25, -0.2) is 9.97 Å². The summed E-state index contributed by atoms with van der Waals surface area (Å²) in [5.41, 5.74) is 2.15. The summed E-state index contributed by atoms with van der Waals surface area (Å²) in [6.45, 7) is 3.11. The molecule has 112 valence electrons. The van der Waals surface area contributed by atoms with Gasteiger partial charge in [0.2, 0.25) is 0 Å². The molecule has 1 atom stereocenters. The zero-order valence-corrected chi connectivity index (χ0v) is 13.9. The minimum atomic E-state index is 0.149. The minimum absolute atomic E-state index is 0.149. The predicted molar refractivity (Wildman–Crippen MR) is 87.5 cm³/mol. The van der Waals surface area contributed by atoms with E-state index in [0.29, 0.717) is 0 Å². The van der Waals surface area contributed by atoms with Gasteiger partial charge in [0, 0.05) is 10.7 Å². The molecule has 1 aromatic heterocycles. The van der Waals surface area contributed by atoms with E-state index in [-0.39, 0.29) is 6.04 Å². The van der Waals surface area contributed by atoms with Crippen LogP contribution < -0.4 is 10.1 Å². The summed E-state index contributed by atoms with van der Waals surface area (Å²) >= 11 is 3.52. The lowest BCUT2D eigenvalue weighted by atomic mass is 10.0. The first-order chi connectivity index (χ1) is 10.2. The Labute approximate surface area is 134 Å². The molecule has 1 aromatic carbocycles. The molecule has 0 amide bonds. The highest BCUT2D eigenvalue weighted by molar-refractivity contribution is 9.10. The lowest BCUT2D eigenvalue weighted by Crippen LogP contribution is -2.25. The van der Waals surface area contributed by atoms with Crippen molar-refractivity contribution < 1.29 is 4.74 Å². The number of nitrogens with zero attached hydrogens (tertiary/aromatic N) is 2. The summed E-state index contributed by atoms with van der Waals surface area (Å²) in [7, 11) is 1.70. The Kier molecular flexibility index (Phi) is 6.14. The van der Waals surface area contributed by atoms with E-state index >= 15 is 0 Å². The van der Waals surface area contributed by atoms with Gasteiger partial charge in [0.05, 0.1) is 18.8 Å². The molecular weight excluding hydrogens is 330 g/mol. The molecule has 21 heavy (non-hydrogen) atoms. The number of hydrogen-bond acceptors (Lipinski definition) is 4. The van der Waals surface area contributed by atoms with Crippen LogP contribution in [-0.2, 0) is 6.42 Å². The first kappa shape index (κ1) is 15.9. The van der Waals surface area contributed by atoms with Crippen LogP contribution in [0.15, 0.2) is 41.3 Å². The molecule has 0 aliphatic heterocycles. The van der Waals surface area contributed by atoms with Crippen molar-refractivity contribution >= 4 is 15.9 Å². The zero-order chi connectivity index (χ0) is 15.1. The van der Waals surface area contributed by atoms with Crippen LogP contribution >= 0.6 is 15.9 Å². The molecule has 5 heteroatoms. The third kappa shape index (κ3) is 4.51. The van der Waals surface area contributed by atoms with E-state index in [9.17, 15) is 0 Å². The van der Waals surface area contributed by atoms with E-state index < -0.39 is 0 Å². The van der Waals surface area contributed by atoms with E-state index in [1.54, 1.807) is 19.6 Å². The third-order valence-electron chi connectivity index (χ3n) is 3.27. The first-order valence-electron chi connectivity index (χ1n) is 7.06. The molecule has 0 radical (unpaired) electrons. The van der Waals surface area contributed by atoms with Crippen LogP contribution in [-0.4, -0.2) is 23.6 Å². The second kappa shape index (κ2) is 8.10. The molecule has 2 aromatic rings. The largest absolute Gasteiger partial charge is 0.496 e. The summed E-state index contributed by atoms with van der Waals surface area (Å²) < 4.78 is 6.51. The number of rotatable bonds is 7. The maximum absolute atomic E-state index is 5.46. The normalized spacial score (nSPS) is 12.1. The highest BCUT2D eigenvalue weighted by atomic mass is 79.9. The second-order valence-electron chi connectivity index (χ2n) is 4.80. The summed E-state index contributed by atoms with van der Waals surface area (Å²) in [6, 6.07) is 8.17. The van der Waals surface area contributed by atoms with Crippen LogP contribution in [0.3, 0.4) is 0 Å². The van der Waals surface area contributed by atoms with Gasteiger partial charge >= 0.3 is 0 Å². The van der Waals surface area contributed by atoms with Crippen LogP contribution in [0, 0.1) is 0 Å². The topological polar surface area (TPSA) is 47.0 Å². The Balaban J connectivity index is 2.24. The molecule has 0 aliphatic rings. The second-order valence-corrected chi connectivity index (χ2v) is 5.72. The Morgan fingerprint density at radius 3 is 2.86 bits per heavy atom. The van der Waals surface area contributed by atoms with E-state index in [1.165, 1.54) is 0 Å². The van der Waals surface area contributed by atoms with Crippen LogP contribution in [0.25, 0.3) is 0 Å². The molecule has 4 nitrogen and oxygen atoms in total. The van der Waals surface area contributed by atoms with Gasteiger partial charge in [-0.05, 0) is 49.2 Å². The van der Waals surface area contributed by atoms with Crippen molar-refractivity contribution in [2.75, 3.05) is 13.7 Å². The van der Waals surface area contributed by atoms with Gasteiger partial charge < -0.3 is 10.1 Å². The van der Waals surface area contributed by atoms with Gasteiger partial charge in [-0.3, -0.25) is 0 Å². The standard InChI is InChI=1S/C16H20BrN3O/c1-3-7-19-15(14-6-8-18-11-20-14)10-12-9-13(17)4-5-16(12)21-2/h4-6,8-9,11,15,19H,3,7,10H2,1-2H3. The number of halogens is 1. The summed E-state index contributed by atoms with van der Waals surface area (Å²) in [6.07, 6.45) is 5.27. The maximum atomic E-state index is 5.46. The molecule has 1 unspecified atom stereocenters. The lowest BCUT2D eigenvalue weighted by Gasteiger charge is -2.19.